The second-order valence-electron chi connectivity index (χ2n) is 5.09. The summed E-state index contributed by atoms with van der Waals surface area (Å²) in [6, 6.07) is 0. The third-order valence-corrected chi connectivity index (χ3v) is 1.99. The molecule has 0 atom stereocenters. The molecule has 0 heterocycles. The van der Waals surface area contributed by atoms with E-state index in [0.29, 0.717) is 13.2 Å². The van der Waals surface area contributed by atoms with Gasteiger partial charge in [0.05, 0.1) is 13.2 Å². The zero-order valence-electron chi connectivity index (χ0n) is 12.5. The molecule has 5 nitrogen and oxygen atoms in total. The predicted molar refractivity (Wildman–Crippen MR) is 76.2 cm³/mol. The molecule has 0 fully saturated rings. The topological polar surface area (TPSA) is 54.9 Å². The highest BCUT2D eigenvalue weighted by atomic mass is 16.5. The summed E-state index contributed by atoms with van der Waals surface area (Å²) < 4.78 is 10.3. The maximum absolute atomic E-state index is 5.38. The lowest BCUT2D eigenvalue weighted by Crippen LogP contribution is -2.47. The summed E-state index contributed by atoms with van der Waals surface area (Å²) >= 11 is 0. The Hall–Kier alpha value is -0.810. The fourth-order valence-corrected chi connectivity index (χ4v) is 1.26. The lowest BCUT2D eigenvalue weighted by Gasteiger charge is -2.23. The minimum atomic E-state index is 0.0238. The van der Waals surface area contributed by atoms with Crippen molar-refractivity contribution < 1.29 is 9.47 Å². The van der Waals surface area contributed by atoms with E-state index >= 15 is 0 Å². The fraction of sp³-hybridized carbons (Fsp3) is 0.923. The highest BCUT2D eigenvalue weighted by Gasteiger charge is 2.11. The highest BCUT2D eigenvalue weighted by Crippen LogP contribution is 1.98. The van der Waals surface area contributed by atoms with Crippen molar-refractivity contribution in [2.24, 2.45) is 4.99 Å². The number of aliphatic imine (C=N–C) groups is 1. The maximum Gasteiger partial charge on any atom is 0.191 e. The maximum atomic E-state index is 5.38. The van der Waals surface area contributed by atoms with Crippen molar-refractivity contribution in [1.82, 2.24) is 10.6 Å². The molecule has 0 aliphatic carbocycles. The molecule has 0 saturated heterocycles. The van der Waals surface area contributed by atoms with E-state index in [4.69, 9.17) is 9.47 Å². The largest absolute Gasteiger partial charge is 0.382 e. The van der Waals surface area contributed by atoms with Gasteiger partial charge < -0.3 is 20.1 Å². The van der Waals surface area contributed by atoms with E-state index in [1.54, 1.807) is 7.11 Å². The third-order valence-electron chi connectivity index (χ3n) is 1.99. The Morgan fingerprint density at radius 1 is 1.17 bits per heavy atom. The van der Waals surface area contributed by atoms with Crippen molar-refractivity contribution in [2.75, 3.05) is 40.0 Å². The minimum absolute atomic E-state index is 0.0238. The Labute approximate surface area is 111 Å². The Morgan fingerprint density at radius 2 is 1.89 bits per heavy atom. The molecule has 0 aromatic heterocycles. The number of ether oxygens (including phenoxy) is 2. The number of guanidine groups is 1. The van der Waals surface area contributed by atoms with Gasteiger partial charge in [0.2, 0.25) is 0 Å². The summed E-state index contributed by atoms with van der Waals surface area (Å²) in [5.41, 5.74) is 0.0238. The van der Waals surface area contributed by atoms with Crippen LogP contribution >= 0.6 is 0 Å². The van der Waals surface area contributed by atoms with Crippen LogP contribution in [0.25, 0.3) is 0 Å². The first-order valence-corrected chi connectivity index (χ1v) is 6.62. The van der Waals surface area contributed by atoms with Crippen LogP contribution in [0.15, 0.2) is 4.99 Å². The first kappa shape index (κ1) is 17.2. The average molecular weight is 259 g/mol. The standard InChI is InChI=1S/C13H29N3O2/c1-6-14-12(16-13(2,3)4)15-8-7-9-18-11-10-17-5/h6-11H2,1-5H3,(H2,14,15,16). The first-order chi connectivity index (χ1) is 8.49. The number of hydrogen-bond donors (Lipinski definition) is 2. The van der Waals surface area contributed by atoms with Crippen molar-refractivity contribution in [1.29, 1.82) is 0 Å². The molecule has 0 saturated carbocycles. The second-order valence-corrected chi connectivity index (χ2v) is 5.09. The van der Waals surface area contributed by atoms with Crippen LogP contribution in [0.1, 0.15) is 34.1 Å². The number of nitrogens with one attached hydrogen (secondary N) is 2. The molecular weight excluding hydrogens is 230 g/mol. The van der Waals surface area contributed by atoms with Crippen LogP contribution in [0.4, 0.5) is 0 Å². The first-order valence-electron chi connectivity index (χ1n) is 6.62. The van der Waals surface area contributed by atoms with E-state index in [9.17, 15) is 0 Å². The molecule has 0 aromatic rings. The Balaban J connectivity index is 3.80. The van der Waals surface area contributed by atoms with Crippen molar-refractivity contribution in [3.63, 3.8) is 0 Å². The van der Waals surface area contributed by atoms with E-state index in [-0.39, 0.29) is 5.54 Å². The molecule has 0 aliphatic heterocycles. The summed E-state index contributed by atoms with van der Waals surface area (Å²) in [7, 11) is 1.68. The smallest absolute Gasteiger partial charge is 0.191 e. The van der Waals surface area contributed by atoms with Gasteiger partial charge >= 0.3 is 0 Å². The van der Waals surface area contributed by atoms with Gasteiger partial charge in [0.15, 0.2) is 5.96 Å². The fourth-order valence-electron chi connectivity index (χ4n) is 1.26. The monoisotopic (exact) mass is 259 g/mol. The van der Waals surface area contributed by atoms with Gasteiger partial charge in [-0.25, -0.2) is 0 Å². The van der Waals surface area contributed by atoms with Crippen LogP contribution in [-0.2, 0) is 9.47 Å². The second kappa shape index (κ2) is 10.1. The van der Waals surface area contributed by atoms with Gasteiger partial charge in [-0.05, 0) is 34.1 Å². The van der Waals surface area contributed by atoms with Gasteiger partial charge in [-0.15, -0.1) is 0 Å². The summed E-state index contributed by atoms with van der Waals surface area (Å²) in [5.74, 6) is 0.863. The lowest BCUT2D eigenvalue weighted by atomic mass is 10.1. The van der Waals surface area contributed by atoms with Crippen LogP contribution in [0.5, 0.6) is 0 Å². The SMILES string of the molecule is CCNC(=NCCCOCCOC)NC(C)(C)C. The van der Waals surface area contributed by atoms with Crippen molar-refractivity contribution in [2.45, 2.75) is 39.7 Å². The van der Waals surface area contributed by atoms with E-state index in [1.807, 2.05) is 0 Å². The summed E-state index contributed by atoms with van der Waals surface area (Å²) in [6.45, 7) is 12.1. The van der Waals surface area contributed by atoms with Crippen molar-refractivity contribution in [3.05, 3.63) is 0 Å². The van der Waals surface area contributed by atoms with E-state index < -0.39 is 0 Å². The van der Waals surface area contributed by atoms with Gasteiger partial charge in [0.1, 0.15) is 0 Å². The highest BCUT2D eigenvalue weighted by molar-refractivity contribution is 5.80. The molecule has 5 heteroatoms. The Morgan fingerprint density at radius 3 is 2.44 bits per heavy atom. The zero-order chi connectivity index (χ0) is 13.9. The molecule has 0 rings (SSSR count). The summed E-state index contributed by atoms with van der Waals surface area (Å²) in [5, 5.41) is 6.57. The van der Waals surface area contributed by atoms with Crippen LogP contribution < -0.4 is 10.6 Å². The van der Waals surface area contributed by atoms with Gasteiger partial charge in [-0.1, -0.05) is 0 Å². The van der Waals surface area contributed by atoms with Crippen molar-refractivity contribution in [3.8, 4) is 0 Å². The minimum Gasteiger partial charge on any atom is -0.382 e. The summed E-state index contributed by atoms with van der Waals surface area (Å²) in [6.07, 6.45) is 0.921. The quantitative estimate of drug-likeness (QED) is 0.393. The molecule has 0 aromatic carbocycles. The van der Waals surface area contributed by atoms with Crippen LogP contribution in [-0.4, -0.2) is 51.5 Å². The van der Waals surface area contributed by atoms with Crippen LogP contribution in [0, 0.1) is 0 Å². The number of methoxy groups -OCH3 is 1. The van der Waals surface area contributed by atoms with E-state index in [2.05, 4.69) is 43.3 Å². The molecule has 0 amide bonds. The molecule has 0 spiro atoms. The number of rotatable bonds is 8. The van der Waals surface area contributed by atoms with Crippen LogP contribution in [0.2, 0.25) is 0 Å². The van der Waals surface area contributed by atoms with Crippen molar-refractivity contribution >= 4 is 5.96 Å². The Bertz CT molecular complexity index is 225. The molecule has 0 radical (unpaired) electrons. The predicted octanol–water partition coefficient (Wildman–Crippen LogP) is 1.39. The van der Waals surface area contributed by atoms with Gasteiger partial charge in [0, 0.05) is 32.3 Å². The molecule has 108 valence electrons. The lowest BCUT2D eigenvalue weighted by molar-refractivity contribution is 0.0702. The summed E-state index contributed by atoms with van der Waals surface area (Å²) in [4.78, 5) is 4.50. The normalized spacial score (nSPS) is 12.6. The average Bonchev–Trinajstić information content (AvgIpc) is 2.26. The number of hydrogen-bond acceptors (Lipinski definition) is 3. The molecular formula is C13H29N3O2. The van der Waals surface area contributed by atoms with Gasteiger partial charge in [-0.3, -0.25) is 4.99 Å². The van der Waals surface area contributed by atoms with E-state index in [1.165, 1.54) is 0 Å². The molecule has 0 aliphatic rings. The molecule has 18 heavy (non-hydrogen) atoms. The van der Waals surface area contributed by atoms with Gasteiger partial charge in [-0.2, -0.15) is 0 Å². The van der Waals surface area contributed by atoms with Gasteiger partial charge in [0.25, 0.3) is 0 Å². The van der Waals surface area contributed by atoms with Crippen LogP contribution in [0.3, 0.4) is 0 Å². The third kappa shape index (κ3) is 11.7. The molecule has 0 bridgehead atoms. The van der Waals surface area contributed by atoms with E-state index in [0.717, 1.165) is 32.1 Å². The molecule has 2 N–H and O–H groups in total. The Kier molecular flexibility index (Phi) is 9.69. The molecule has 0 unspecified atom stereocenters. The zero-order valence-corrected chi connectivity index (χ0v) is 12.5. The number of nitrogens with zero attached hydrogens (tertiary/aromatic N) is 1.